The summed E-state index contributed by atoms with van der Waals surface area (Å²) < 4.78 is 0. The Morgan fingerprint density at radius 1 is 1.18 bits per heavy atom. The molecule has 1 amide bonds. The second-order valence-electron chi connectivity index (χ2n) is 7.10. The summed E-state index contributed by atoms with van der Waals surface area (Å²) >= 11 is 0. The molecule has 22 heavy (non-hydrogen) atoms. The molecule has 0 heterocycles. The summed E-state index contributed by atoms with van der Waals surface area (Å²) in [7, 11) is 0. The average Bonchev–Trinajstić information content (AvgIpc) is 2.54. The average molecular weight is 302 g/mol. The van der Waals surface area contributed by atoms with Crippen LogP contribution in [0.4, 0.5) is 0 Å². The number of nitrogens with one attached hydrogen (secondary N) is 1. The van der Waals surface area contributed by atoms with E-state index >= 15 is 0 Å². The van der Waals surface area contributed by atoms with Crippen molar-refractivity contribution in [2.75, 3.05) is 0 Å². The zero-order valence-corrected chi connectivity index (χ0v) is 14.1. The second-order valence-corrected chi connectivity index (χ2v) is 7.10. The van der Waals surface area contributed by atoms with Gasteiger partial charge in [-0.3, -0.25) is 4.79 Å². The van der Waals surface area contributed by atoms with Gasteiger partial charge >= 0.3 is 0 Å². The van der Waals surface area contributed by atoms with Crippen LogP contribution < -0.4 is 11.1 Å². The lowest BCUT2D eigenvalue weighted by molar-refractivity contribution is -0.126. The minimum atomic E-state index is -0.245. The molecule has 4 unspecified atom stereocenters. The van der Waals surface area contributed by atoms with Gasteiger partial charge in [0, 0.05) is 12.1 Å². The van der Waals surface area contributed by atoms with E-state index in [-0.39, 0.29) is 17.9 Å². The Morgan fingerprint density at radius 3 is 2.50 bits per heavy atom. The molecule has 0 radical (unpaired) electrons. The molecule has 1 aliphatic rings. The molecule has 0 bridgehead atoms. The van der Waals surface area contributed by atoms with Gasteiger partial charge in [-0.15, -0.1) is 0 Å². The Balaban J connectivity index is 1.91. The minimum absolute atomic E-state index is 0.0887. The van der Waals surface area contributed by atoms with Gasteiger partial charge in [-0.25, -0.2) is 0 Å². The molecule has 2 rings (SSSR count). The molecular weight excluding hydrogens is 272 g/mol. The fraction of sp³-hybridized carbons (Fsp3) is 0.632. The maximum atomic E-state index is 12.5. The Labute approximate surface area is 134 Å². The fourth-order valence-electron chi connectivity index (χ4n) is 3.42. The first-order valence-corrected chi connectivity index (χ1v) is 8.60. The SMILES string of the molecule is CC(C)C1CCCC(NC(=O)C(C)C(N)c2ccccc2)C1. The number of carbonyl (C=O) groups is 1. The van der Waals surface area contributed by atoms with Gasteiger partial charge in [0.25, 0.3) is 0 Å². The number of hydrogen-bond donors (Lipinski definition) is 2. The lowest BCUT2D eigenvalue weighted by atomic mass is 9.79. The molecule has 1 fully saturated rings. The molecule has 0 saturated heterocycles. The number of rotatable bonds is 5. The first kappa shape index (κ1) is 17.0. The number of carbonyl (C=O) groups excluding carboxylic acids is 1. The van der Waals surface area contributed by atoms with E-state index in [9.17, 15) is 4.79 Å². The van der Waals surface area contributed by atoms with Crippen LogP contribution in [0, 0.1) is 17.8 Å². The largest absolute Gasteiger partial charge is 0.353 e. The predicted octanol–water partition coefficient (Wildman–Crippen LogP) is 3.65. The molecule has 3 N–H and O–H groups in total. The van der Waals surface area contributed by atoms with E-state index in [2.05, 4.69) is 19.2 Å². The number of hydrogen-bond acceptors (Lipinski definition) is 2. The maximum Gasteiger partial charge on any atom is 0.224 e. The van der Waals surface area contributed by atoms with E-state index in [1.54, 1.807) is 0 Å². The van der Waals surface area contributed by atoms with Crippen LogP contribution in [0.25, 0.3) is 0 Å². The van der Waals surface area contributed by atoms with E-state index in [0.717, 1.165) is 24.3 Å². The highest BCUT2D eigenvalue weighted by Gasteiger charge is 2.28. The van der Waals surface area contributed by atoms with Crippen LogP contribution in [0.5, 0.6) is 0 Å². The van der Waals surface area contributed by atoms with Crippen molar-refractivity contribution in [3.63, 3.8) is 0 Å². The van der Waals surface area contributed by atoms with Crippen LogP contribution in [-0.2, 0) is 4.79 Å². The van der Waals surface area contributed by atoms with E-state index in [0.29, 0.717) is 12.0 Å². The topological polar surface area (TPSA) is 55.1 Å². The van der Waals surface area contributed by atoms with Crippen LogP contribution in [0.15, 0.2) is 30.3 Å². The lowest BCUT2D eigenvalue weighted by Gasteiger charge is -2.33. The standard InChI is InChI=1S/C19H30N2O/c1-13(2)16-10-7-11-17(12-16)21-19(22)14(3)18(20)15-8-5-4-6-9-15/h4-6,8-9,13-14,16-18H,7,10-12,20H2,1-3H3,(H,21,22). The van der Waals surface area contributed by atoms with Gasteiger partial charge in [-0.2, -0.15) is 0 Å². The van der Waals surface area contributed by atoms with Crippen LogP contribution in [-0.4, -0.2) is 11.9 Å². The molecule has 1 aromatic carbocycles. The third kappa shape index (κ3) is 4.33. The van der Waals surface area contributed by atoms with Gasteiger partial charge in [-0.1, -0.05) is 63.9 Å². The van der Waals surface area contributed by atoms with E-state index in [1.807, 2.05) is 37.3 Å². The van der Waals surface area contributed by atoms with Crippen molar-refractivity contribution in [3.8, 4) is 0 Å². The van der Waals surface area contributed by atoms with Gasteiger partial charge < -0.3 is 11.1 Å². The van der Waals surface area contributed by atoms with Crippen molar-refractivity contribution in [1.29, 1.82) is 0 Å². The predicted molar refractivity (Wildman–Crippen MR) is 91.3 cm³/mol. The zero-order chi connectivity index (χ0) is 16.1. The van der Waals surface area contributed by atoms with Crippen molar-refractivity contribution in [2.24, 2.45) is 23.5 Å². The number of amides is 1. The number of nitrogens with two attached hydrogens (primary N) is 1. The normalized spacial score (nSPS) is 24.8. The van der Waals surface area contributed by atoms with Gasteiger partial charge in [0.15, 0.2) is 0 Å². The first-order chi connectivity index (χ1) is 10.5. The van der Waals surface area contributed by atoms with Gasteiger partial charge in [-0.05, 0) is 30.2 Å². The Kier molecular flexibility index (Phi) is 6.01. The third-order valence-corrected chi connectivity index (χ3v) is 5.14. The summed E-state index contributed by atoms with van der Waals surface area (Å²) in [5, 5.41) is 3.24. The van der Waals surface area contributed by atoms with Crippen molar-refractivity contribution < 1.29 is 4.79 Å². The summed E-state index contributed by atoms with van der Waals surface area (Å²) in [5.41, 5.74) is 7.28. The summed E-state index contributed by atoms with van der Waals surface area (Å²) in [5.74, 6) is 1.31. The molecule has 1 aromatic rings. The highest BCUT2D eigenvalue weighted by Crippen LogP contribution is 2.30. The fourth-order valence-corrected chi connectivity index (χ4v) is 3.42. The van der Waals surface area contributed by atoms with Crippen molar-refractivity contribution >= 4 is 5.91 Å². The molecule has 1 aliphatic carbocycles. The molecule has 3 heteroatoms. The molecule has 1 saturated carbocycles. The van der Waals surface area contributed by atoms with E-state index in [1.165, 1.54) is 12.8 Å². The van der Waals surface area contributed by atoms with Crippen LogP contribution in [0.2, 0.25) is 0 Å². The van der Waals surface area contributed by atoms with Gasteiger partial charge in [0.1, 0.15) is 0 Å². The molecule has 122 valence electrons. The maximum absolute atomic E-state index is 12.5. The van der Waals surface area contributed by atoms with Crippen molar-refractivity contribution in [2.45, 2.75) is 58.5 Å². The molecule has 0 spiro atoms. The number of benzene rings is 1. The summed E-state index contributed by atoms with van der Waals surface area (Å²) in [4.78, 5) is 12.5. The first-order valence-electron chi connectivity index (χ1n) is 8.60. The monoisotopic (exact) mass is 302 g/mol. The highest BCUT2D eigenvalue weighted by molar-refractivity contribution is 5.79. The van der Waals surface area contributed by atoms with Crippen LogP contribution in [0.3, 0.4) is 0 Å². The van der Waals surface area contributed by atoms with Crippen LogP contribution >= 0.6 is 0 Å². The lowest BCUT2D eigenvalue weighted by Crippen LogP contribution is -2.43. The smallest absolute Gasteiger partial charge is 0.224 e. The highest BCUT2D eigenvalue weighted by atomic mass is 16.1. The Hall–Kier alpha value is -1.35. The molecule has 4 atom stereocenters. The summed E-state index contributed by atoms with van der Waals surface area (Å²) in [6.45, 7) is 6.49. The third-order valence-electron chi connectivity index (χ3n) is 5.14. The minimum Gasteiger partial charge on any atom is -0.353 e. The van der Waals surface area contributed by atoms with E-state index in [4.69, 9.17) is 5.73 Å². The summed E-state index contributed by atoms with van der Waals surface area (Å²) in [6.07, 6.45) is 4.72. The molecular formula is C19H30N2O. The van der Waals surface area contributed by atoms with E-state index < -0.39 is 0 Å². The molecule has 0 aromatic heterocycles. The van der Waals surface area contributed by atoms with Crippen molar-refractivity contribution in [3.05, 3.63) is 35.9 Å². The quantitative estimate of drug-likeness (QED) is 0.872. The molecule has 3 nitrogen and oxygen atoms in total. The zero-order valence-electron chi connectivity index (χ0n) is 14.1. The Bertz CT molecular complexity index is 472. The van der Waals surface area contributed by atoms with Gasteiger partial charge in [0.2, 0.25) is 5.91 Å². The summed E-state index contributed by atoms with van der Waals surface area (Å²) in [6, 6.07) is 9.95. The van der Waals surface area contributed by atoms with Gasteiger partial charge in [0.05, 0.1) is 5.92 Å². The molecule has 0 aliphatic heterocycles. The second kappa shape index (κ2) is 7.77. The van der Waals surface area contributed by atoms with Crippen LogP contribution in [0.1, 0.15) is 58.1 Å². The Morgan fingerprint density at radius 2 is 1.86 bits per heavy atom. The van der Waals surface area contributed by atoms with Crippen molar-refractivity contribution in [1.82, 2.24) is 5.32 Å².